The molecule has 0 amide bonds. The van der Waals surface area contributed by atoms with Crippen LogP contribution in [0.1, 0.15) is 51.4 Å². The molecule has 72 valence electrons. The van der Waals surface area contributed by atoms with Crippen LogP contribution in [-0.4, -0.2) is 6.43 Å². The predicted octanol–water partition coefficient (Wildman–Crippen LogP) is 4.00. The number of halogens is 2. The van der Waals surface area contributed by atoms with Gasteiger partial charge >= 0.3 is 0 Å². The highest BCUT2D eigenvalue weighted by Gasteiger charge is 2.13. The summed E-state index contributed by atoms with van der Waals surface area (Å²) in [5.41, 5.74) is 0. The molecule has 0 aromatic carbocycles. The maximum absolute atomic E-state index is 11.8. The summed E-state index contributed by atoms with van der Waals surface area (Å²) >= 11 is 0. The molecule has 1 saturated carbocycles. The lowest BCUT2D eigenvalue weighted by Crippen LogP contribution is -2.06. The molecule has 0 bridgehead atoms. The molecule has 0 aromatic heterocycles. The van der Waals surface area contributed by atoms with Gasteiger partial charge in [-0.3, -0.25) is 0 Å². The molecule has 0 radical (unpaired) electrons. The first-order valence-corrected chi connectivity index (χ1v) is 5.07. The third-order valence-corrected chi connectivity index (χ3v) is 2.76. The summed E-state index contributed by atoms with van der Waals surface area (Å²) in [6.45, 7) is 0. The van der Waals surface area contributed by atoms with Gasteiger partial charge in [-0.15, -0.1) is 0 Å². The zero-order chi connectivity index (χ0) is 8.81. The van der Waals surface area contributed by atoms with Crippen molar-refractivity contribution in [1.82, 2.24) is 0 Å². The molecule has 12 heavy (non-hydrogen) atoms. The van der Waals surface area contributed by atoms with E-state index in [2.05, 4.69) is 0 Å². The van der Waals surface area contributed by atoms with Gasteiger partial charge < -0.3 is 0 Å². The largest absolute Gasteiger partial charge is 0.238 e. The molecular formula is C10H18F2. The molecule has 0 spiro atoms. The van der Waals surface area contributed by atoms with Crippen molar-refractivity contribution in [2.45, 2.75) is 57.8 Å². The topological polar surface area (TPSA) is 0 Å². The molecule has 0 atom stereocenters. The van der Waals surface area contributed by atoms with Gasteiger partial charge in [0.05, 0.1) is 0 Å². The average Bonchev–Trinajstić information content (AvgIpc) is 2.05. The van der Waals surface area contributed by atoms with E-state index in [0.29, 0.717) is 0 Å². The Morgan fingerprint density at radius 2 is 1.75 bits per heavy atom. The first kappa shape index (κ1) is 9.94. The van der Waals surface area contributed by atoms with Crippen molar-refractivity contribution < 1.29 is 8.78 Å². The zero-order valence-electron chi connectivity index (χ0n) is 7.57. The quantitative estimate of drug-likeness (QED) is 0.607. The Morgan fingerprint density at radius 1 is 1.08 bits per heavy atom. The number of hydrogen-bond donors (Lipinski definition) is 0. The van der Waals surface area contributed by atoms with Crippen LogP contribution in [0.5, 0.6) is 0 Å². The van der Waals surface area contributed by atoms with Crippen LogP contribution in [0.25, 0.3) is 0 Å². The molecule has 0 heterocycles. The van der Waals surface area contributed by atoms with Crippen molar-refractivity contribution in [3.05, 3.63) is 0 Å². The fourth-order valence-corrected chi connectivity index (χ4v) is 2.04. The highest BCUT2D eigenvalue weighted by Crippen LogP contribution is 2.28. The van der Waals surface area contributed by atoms with E-state index in [0.717, 1.165) is 18.8 Å². The second-order valence-electron chi connectivity index (χ2n) is 3.83. The van der Waals surface area contributed by atoms with E-state index < -0.39 is 6.43 Å². The highest BCUT2D eigenvalue weighted by molar-refractivity contribution is 4.65. The Balaban J connectivity index is 1.98. The SMILES string of the molecule is FC(F)CCCC1CCCCC1. The van der Waals surface area contributed by atoms with Gasteiger partial charge in [0.2, 0.25) is 6.43 Å². The summed E-state index contributed by atoms with van der Waals surface area (Å²) in [6, 6.07) is 0. The van der Waals surface area contributed by atoms with Gasteiger partial charge in [0.1, 0.15) is 0 Å². The molecular weight excluding hydrogens is 158 g/mol. The molecule has 0 aromatic rings. The van der Waals surface area contributed by atoms with E-state index in [1.165, 1.54) is 32.1 Å². The van der Waals surface area contributed by atoms with Gasteiger partial charge in [-0.25, -0.2) is 8.78 Å². The second kappa shape index (κ2) is 5.50. The molecule has 1 rings (SSSR count). The van der Waals surface area contributed by atoms with Gasteiger partial charge in [-0.2, -0.15) is 0 Å². The van der Waals surface area contributed by atoms with Gasteiger partial charge in [-0.05, 0) is 12.3 Å². The first-order valence-electron chi connectivity index (χ1n) is 5.07. The summed E-state index contributed by atoms with van der Waals surface area (Å²) in [6.07, 6.45) is 6.33. The minimum atomic E-state index is -2.09. The van der Waals surface area contributed by atoms with Crippen molar-refractivity contribution >= 4 is 0 Å². The Bertz CT molecular complexity index is 106. The van der Waals surface area contributed by atoms with Crippen molar-refractivity contribution in [2.75, 3.05) is 0 Å². The Kier molecular flexibility index (Phi) is 4.55. The van der Waals surface area contributed by atoms with E-state index >= 15 is 0 Å². The van der Waals surface area contributed by atoms with Crippen molar-refractivity contribution in [2.24, 2.45) is 5.92 Å². The number of rotatable bonds is 4. The van der Waals surface area contributed by atoms with Crippen LogP contribution < -0.4 is 0 Å². The minimum Gasteiger partial charge on any atom is -0.211 e. The second-order valence-corrected chi connectivity index (χ2v) is 3.83. The fourth-order valence-electron chi connectivity index (χ4n) is 2.04. The minimum absolute atomic E-state index is 0.108. The molecule has 2 heteroatoms. The smallest absolute Gasteiger partial charge is 0.211 e. The molecule has 0 N–H and O–H groups in total. The van der Waals surface area contributed by atoms with Crippen LogP contribution in [0.3, 0.4) is 0 Å². The molecule has 1 aliphatic carbocycles. The van der Waals surface area contributed by atoms with Gasteiger partial charge in [0.15, 0.2) is 0 Å². The third-order valence-electron chi connectivity index (χ3n) is 2.76. The summed E-state index contributed by atoms with van der Waals surface area (Å²) < 4.78 is 23.6. The van der Waals surface area contributed by atoms with Gasteiger partial charge in [-0.1, -0.05) is 38.5 Å². The first-order chi connectivity index (χ1) is 5.79. The highest BCUT2D eigenvalue weighted by atomic mass is 19.3. The maximum Gasteiger partial charge on any atom is 0.238 e. The van der Waals surface area contributed by atoms with Crippen LogP contribution in [0.15, 0.2) is 0 Å². The van der Waals surface area contributed by atoms with E-state index in [-0.39, 0.29) is 6.42 Å². The van der Waals surface area contributed by atoms with Crippen molar-refractivity contribution in [3.63, 3.8) is 0 Å². The molecule has 0 aliphatic heterocycles. The number of alkyl halides is 2. The lowest BCUT2D eigenvalue weighted by Gasteiger charge is -2.21. The van der Waals surface area contributed by atoms with E-state index in [9.17, 15) is 8.78 Å². The van der Waals surface area contributed by atoms with Crippen LogP contribution in [-0.2, 0) is 0 Å². The molecule has 1 aliphatic rings. The number of hydrogen-bond acceptors (Lipinski definition) is 0. The van der Waals surface area contributed by atoms with Crippen LogP contribution in [0.2, 0.25) is 0 Å². The lowest BCUT2D eigenvalue weighted by atomic mass is 9.86. The fraction of sp³-hybridized carbons (Fsp3) is 1.00. The normalized spacial score (nSPS) is 20.2. The predicted molar refractivity (Wildman–Crippen MR) is 46.4 cm³/mol. The summed E-state index contributed by atoms with van der Waals surface area (Å²) in [7, 11) is 0. The van der Waals surface area contributed by atoms with Crippen LogP contribution >= 0.6 is 0 Å². The van der Waals surface area contributed by atoms with Crippen molar-refractivity contribution in [3.8, 4) is 0 Å². The summed E-state index contributed by atoms with van der Waals surface area (Å²) in [4.78, 5) is 0. The summed E-state index contributed by atoms with van der Waals surface area (Å²) in [5, 5.41) is 0. The Morgan fingerprint density at radius 3 is 2.33 bits per heavy atom. The Hall–Kier alpha value is -0.140. The van der Waals surface area contributed by atoms with Crippen molar-refractivity contribution in [1.29, 1.82) is 0 Å². The van der Waals surface area contributed by atoms with Gasteiger partial charge in [0.25, 0.3) is 0 Å². The molecule has 0 nitrogen and oxygen atoms in total. The Labute approximate surface area is 73.3 Å². The molecule has 1 fully saturated rings. The zero-order valence-corrected chi connectivity index (χ0v) is 7.57. The van der Waals surface area contributed by atoms with Gasteiger partial charge in [0, 0.05) is 6.42 Å². The van der Waals surface area contributed by atoms with Crippen LogP contribution in [0, 0.1) is 5.92 Å². The van der Waals surface area contributed by atoms with E-state index in [4.69, 9.17) is 0 Å². The van der Waals surface area contributed by atoms with Crippen LogP contribution in [0.4, 0.5) is 8.78 Å². The third kappa shape index (κ3) is 4.03. The average molecular weight is 176 g/mol. The lowest BCUT2D eigenvalue weighted by molar-refractivity contribution is 0.130. The van der Waals surface area contributed by atoms with E-state index in [1.54, 1.807) is 0 Å². The van der Waals surface area contributed by atoms with E-state index in [1.807, 2.05) is 0 Å². The summed E-state index contributed by atoms with van der Waals surface area (Å²) in [5.74, 6) is 0.762. The maximum atomic E-state index is 11.8. The monoisotopic (exact) mass is 176 g/mol. The molecule has 0 saturated heterocycles. The standard InChI is InChI=1S/C10H18F2/c11-10(12)8-4-7-9-5-2-1-3-6-9/h9-10H,1-8H2. The molecule has 0 unspecified atom stereocenters.